The molecular formula is C15H13BO6. The number of aromatic hydroxyl groups is 1. The first kappa shape index (κ1) is 14.4. The van der Waals surface area contributed by atoms with Crippen LogP contribution in [-0.4, -0.2) is 28.3 Å². The molecule has 7 heteroatoms. The Morgan fingerprint density at radius 1 is 1.23 bits per heavy atom. The molecule has 0 saturated heterocycles. The van der Waals surface area contributed by atoms with Gasteiger partial charge in [0.2, 0.25) is 0 Å². The molecule has 0 aromatic heterocycles. The van der Waals surface area contributed by atoms with Crippen LogP contribution in [0.25, 0.3) is 0 Å². The van der Waals surface area contributed by atoms with Crippen LogP contribution >= 0.6 is 0 Å². The fourth-order valence-electron chi connectivity index (χ4n) is 2.43. The molecule has 0 radical (unpaired) electrons. The summed E-state index contributed by atoms with van der Waals surface area (Å²) < 4.78 is 10.9. The van der Waals surface area contributed by atoms with E-state index >= 15 is 0 Å². The number of ether oxygens (including phenoxy) is 1. The third kappa shape index (κ3) is 2.90. The lowest BCUT2D eigenvalue weighted by Gasteiger charge is -2.10. The van der Waals surface area contributed by atoms with E-state index < -0.39 is 19.2 Å². The van der Waals surface area contributed by atoms with Gasteiger partial charge in [0.25, 0.3) is 0 Å². The van der Waals surface area contributed by atoms with E-state index in [9.17, 15) is 14.9 Å². The van der Waals surface area contributed by atoms with Crippen LogP contribution in [0, 0.1) is 0 Å². The van der Waals surface area contributed by atoms with Gasteiger partial charge in [-0.1, -0.05) is 12.1 Å². The minimum atomic E-state index is -1.17. The van der Waals surface area contributed by atoms with Crippen LogP contribution in [0.3, 0.4) is 0 Å². The van der Waals surface area contributed by atoms with Crippen LogP contribution in [0.5, 0.6) is 17.2 Å². The molecule has 0 amide bonds. The zero-order valence-corrected chi connectivity index (χ0v) is 11.5. The molecule has 22 heavy (non-hydrogen) atoms. The van der Waals surface area contributed by atoms with Crippen molar-refractivity contribution >= 4 is 18.6 Å². The number of benzene rings is 2. The third-order valence-corrected chi connectivity index (χ3v) is 3.38. The SMILES string of the molecule is O=C(O)CC1OB(O)c2cc(Oc3cccc(O)c3)ccc21. The maximum atomic E-state index is 10.8. The first-order valence-electron chi connectivity index (χ1n) is 6.69. The van der Waals surface area contributed by atoms with Crippen LogP contribution in [0.15, 0.2) is 42.5 Å². The molecular weight excluding hydrogens is 287 g/mol. The van der Waals surface area contributed by atoms with Crippen molar-refractivity contribution in [3.63, 3.8) is 0 Å². The molecule has 0 aliphatic carbocycles. The van der Waals surface area contributed by atoms with Gasteiger partial charge in [0.15, 0.2) is 0 Å². The number of phenolic OH excluding ortho intramolecular Hbond substituents is 1. The van der Waals surface area contributed by atoms with Gasteiger partial charge in [0.1, 0.15) is 17.2 Å². The monoisotopic (exact) mass is 300 g/mol. The molecule has 1 aliphatic rings. The molecule has 6 nitrogen and oxygen atoms in total. The molecule has 3 rings (SSSR count). The minimum Gasteiger partial charge on any atom is -0.508 e. The van der Waals surface area contributed by atoms with Gasteiger partial charge >= 0.3 is 13.1 Å². The van der Waals surface area contributed by atoms with Crippen LogP contribution in [-0.2, 0) is 9.45 Å². The Balaban J connectivity index is 1.85. The van der Waals surface area contributed by atoms with E-state index in [4.69, 9.17) is 14.5 Å². The average Bonchev–Trinajstić information content (AvgIpc) is 2.74. The van der Waals surface area contributed by atoms with Crippen molar-refractivity contribution in [1.29, 1.82) is 0 Å². The molecule has 1 heterocycles. The van der Waals surface area contributed by atoms with Gasteiger partial charge in [-0.3, -0.25) is 4.79 Å². The Labute approximate surface area is 126 Å². The molecule has 112 valence electrons. The highest BCUT2D eigenvalue weighted by atomic mass is 16.5. The lowest BCUT2D eigenvalue weighted by Crippen LogP contribution is -2.28. The summed E-state index contributed by atoms with van der Waals surface area (Å²) in [5.74, 6) is 0.00658. The Morgan fingerprint density at radius 2 is 2.00 bits per heavy atom. The van der Waals surface area contributed by atoms with E-state index in [-0.39, 0.29) is 12.2 Å². The van der Waals surface area contributed by atoms with Crippen molar-refractivity contribution in [1.82, 2.24) is 0 Å². The van der Waals surface area contributed by atoms with Crippen LogP contribution in [0.1, 0.15) is 18.1 Å². The quantitative estimate of drug-likeness (QED) is 0.739. The fourth-order valence-corrected chi connectivity index (χ4v) is 2.43. The number of phenols is 1. The summed E-state index contributed by atoms with van der Waals surface area (Å²) in [4.78, 5) is 10.8. The fraction of sp³-hybridized carbons (Fsp3) is 0.133. The lowest BCUT2D eigenvalue weighted by molar-refractivity contribution is -0.138. The number of hydrogen-bond donors (Lipinski definition) is 3. The van der Waals surface area contributed by atoms with E-state index in [1.165, 1.54) is 12.1 Å². The highest BCUT2D eigenvalue weighted by Crippen LogP contribution is 2.30. The molecule has 0 saturated carbocycles. The number of fused-ring (bicyclic) bond motifs is 1. The van der Waals surface area contributed by atoms with E-state index in [0.717, 1.165) is 0 Å². The topological polar surface area (TPSA) is 96.2 Å². The number of carboxylic acid groups (broad SMARTS) is 1. The van der Waals surface area contributed by atoms with E-state index in [2.05, 4.69) is 0 Å². The smallest absolute Gasteiger partial charge is 0.492 e. The third-order valence-electron chi connectivity index (χ3n) is 3.38. The zero-order valence-electron chi connectivity index (χ0n) is 11.5. The summed E-state index contributed by atoms with van der Waals surface area (Å²) in [6, 6.07) is 11.3. The molecule has 2 aromatic carbocycles. The molecule has 0 fully saturated rings. The standard InChI is InChI=1S/C15H13BO6/c17-9-2-1-3-10(6-9)21-11-4-5-12-13(7-11)16(20)22-14(12)8-15(18)19/h1-7,14,17,20H,8H2,(H,18,19). The largest absolute Gasteiger partial charge is 0.508 e. The number of carboxylic acids is 1. The first-order chi connectivity index (χ1) is 10.5. The van der Waals surface area contributed by atoms with Crippen molar-refractivity contribution < 1.29 is 29.4 Å². The van der Waals surface area contributed by atoms with Gasteiger partial charge in [-0.25, -0.2) is 0 Å². The summed E-state index contributed by atoms with van der Waals surface area (Å²) >= 11 is 0. The van der Waals surface area contributed by atoms with Gasteiger partial charge in [-0.2, -0.15) is 0 Å². The number of carbonyl (C=O) groups is 1. The van der Waals surface area contributed by atoms with Crippen molar-refractivity contribution in [2.45, 2.75) is 12.5 Å². The Kier molecular flexibility index (Phi) is 3.74. The van der Waals surface area contributed by atoms with E-state index in [0.29, 0.717) is 22.5 Å². The second-order valence-corrected chi connectivity index (χ2v) is 4.97. The molecule has 0 bridgehead atoms. The van der Waals surface area contributed by atoms with Gasteiger partial charge in [0.05, 0.1) is 12.5 Å². The van der Waals surface area contributed by atoms with Crippen LogP contribution in [0.4, 0.5) is 0 Å². The molecule has 0 spiro atoms. The Morgan fingerprint density at radius 3 is 2.73 bits per heavy atom. The molecule has 1 unspecified atom stereocenters. The van der Waals surface area contributed by atoms with Crippen molar-refractivity contribution in [2.75, 3.05) is 0 Å². The van der Waals surface area contributed by atoms with Gasteiger partial charge in [0, 0.05) is 6.07 Å². The maximum absolute atomic E-state index is 10.8. The van der Waals surface area contributed by atoms with Gasteiger partial charge in [-0.05, 0) is 35.3 Å². The molecule has 1 aliphatic heterocycles. The highest BCUT2D eigenvalue weighted by Gasteiger charge is 2.36. The number of hydrogen-bond acceptors (Lipinski definition) is 5. The van der Waals surface area contributed by atoms with Gasteiger partial charge < -0.3 is 24.6 Å². The molecule has 3 N–H and O–H groups in total. The number of aliphatic carboxylic acids is 1. The lowest BCUT2D eigenvalue weighted by atomic mass is 9.79. The summed E-state index contributed by atoms with van der Waals surface area (Å²) in [6.45, 7) is 0. The first-order valence-corrected chi connectivity index (χ1v) is 6.69. The zero-order chi connectivity index (χ0) is 15.7. The summed E-state index contributed by atoms with van der Waals surface area (Å²) in [5.41, 5.74) is 1.13. The minimum absolute atomic E-state index is 0.0866. The van der Waals surface area contributed by atoms with Crippen LogP contribution in [0.2, 0.25) is 0 Å². The van der Waals surface area contributed by atoms with Crippen molar-refractivity contribution in [2.24, 2.45) is 0 Å². The average molecular weight is 300 g/mol. The second-order valence-electron chi connectivity index (χ2n) is 4.97. The number of rotatable bonds is 4. The predicted molar refractivity (Wildman–Crippen MR) is 78.3 cm³/mol. The van der Waals surface area contributed by atoms with Crippen molar-refractivity contribution in [3.05, 3.63) is 48.0 Å². The highest BCUT2D eigenvalue weighted by molar-refractivity contribution is 6.61. The van der Waals surface area contributed by atoms with Gasteiger partial charge in [-0.15, -0.1) is 0 Å². The summed E-state index contributed by atoms with van der Waals surface area (Å²) in [6.07, 6.45) is -0.881. The molecule has 2 aromatic rings. The Hall–Kier alpha value is -2.51. The van der Waals surface area contributed by atoms with E-state index in [1.54, 1.807) is 30.3 Å². The predicted octanol–water partition coefficient (Wildman–Crippen LogP) is 1.42. The van der Waals surface area contributed by atoms with Crippen LogP contribution < -0.4 is 10.2 Å². The Bertz CT molecular complexity index is 717. The molecule has 1 atom stereocenters. The summed E-state index contributed by atoms with van der Waals surface area (Å²) in [7, 11) is -1.17. The summed E-state index contributed by atoms with van der Waals surface area (Å²) in [5, 5.41) is 28.2. The maximum Gasteiger partial charge on any atom is 0.492 e. The second kappa shape index (κ2) is 5.71. The normalized spacial score (nSPS) is 16.4. The van der Waals surface area contributed by atoms with E-state index in [1.807, 2.05) is 0 Å². The van der Waals surface area contributed by atoms with Crippen molar-refractivity contribution in [3.8, 4) is 17.2 Å².